The lowest BCUT2D eigenvalue weighted by molar-refractivity contribution is -0.157. The highest BCUT2D eigenvalue weighted by molar-refractivity contribution is 6.52. The van der Waals surface area contributed by atoms with Gasteiger partial charge in [0.15, 0.2) is 0 Å². The molecular formula is C19H16N2O6. The van der Waals surface area contributed by atoms with Gasteiger partial charge in [-0.3, -0.25) is 9.59 Å². The number of fused-ring (bicyclic) bond motifs is 1. The summed E-state index contributed by atoms with van der Waals surface area (Å²) in [6, 6.07) is 11.2. The Labute approximate surface area is 154 Å². The Balaban J connectivity index is 2.52. The third kappa shape index (κ3) is 4.27. The van der Waals surface area contributed by atoms with Crippen molar-refractivity contribution in [3.05, 3.63) is 42.0 Å². The molecule has 8 nitrogen and oxygen atoms in total. The van der Waals surface area contributed by atoms with Gasteiger partial charge >= 0.3 is 23.8 Å². The molecule has 8 heteroatoms. The molecule has 0 aliphatic carbocycles. The monoisotopic (exact) mass is 368 g/mol. The fourth-order valence-corrected chi connectivity index (χ4v) is 2.34. The molecule has 138 valence electrons. The molecule has 0 atom stereocenters. The van der Waals surface area contributed by atoms with Crippen LogP contribution >= 0.6 is 0 Å². The average Bonchev–Trinajstić information content (AvgIpc) is 2.67. The Kier molecular flexibility index (Phi) is 6.23. The quantitative estimate of drug-likeness (QED) is 0.598. The summed E-state index contributed by atoms with van der Waals surface area (Å²) in [6.45, 7) is 2.87. The smallest absolute Gasteiger partial charge is 0.397 e. The van der Waals surface area contributed by atoms with Crippen LogP contribution in [0.3, 0.4) is 0 Å². The molecule has 0 aliphatic rings. The maximum absolute atomic E-state index is 12.4. The summed E-state index contributed by atoms with van der Waals surface area (Å²) in [5, 5.41) is 10.2. The maximum Gasteiger partial charge on any atom is 0.397 e. The normalized spacial score (nSPS) is 9.96. The summed E-state index contributed by atoms with van der Waals surface area (Å²) >= 11 is 0. The largest absolute Gasteiger partial charge is 0.459 e. The van der Waals surface area contributed by atoms with Gasteiger partial charge in [0.2, 0.25) is 0 Å². The van der Waals surface area contributed by atoms with E-state index in [0.717, 1.165) is 0 Å². The topological polar surface area (TPSA) is 114 Å². The minimum Gasteiger partial charge on any atom is -0.459 e. The second kappa shape index (κ2) is 8.58. The zero-order valence-corrected chi connectivity index (χ0v) is 14.7. The van der Waals surface area contributed by atoms with Crippen LogP contribution in [0.2, 0.25) is 0 Å². The van der Waals surface area contributed by atoms with Gasteiger partial charge in [-0.25, -0.2) is 14.5 Å². The van der Waals surface area contributed by atoms with E-state index in [1.165, 1.54) is 26.0 Å². The second-order valence-corrected chi connectivity index (χ2v) is 5.24. The lowest BCUT2D eigenvalue weighted by Crippen LogP contribution is -2.46. The van der Waals surface area contributed by atoms with E-state index in [-0.39, 0.29) is 18.9 Å². The van der Waals surface area contributed by atoms with E-state index in [9.17, 15) is 19.2 Å². The summed E-state index contributed by atoms with van der Waals surface area (Å²) in [7, 11) is 0. The number of amides is 2. The summed E-state index contributed by atoms with van der Waals surface area (Å²) in [6.07, 6.45) is 0. The van der Waals surface area contributed by atoms with Crippen LogP contribution < -0.4 is 4.90 Å². The first-order valence-corrected chi connectivity index (χ1v) is 8.09. The summed E-state index contributed by atoms with van der Waals surface area (Å²) in [4.78, 5) is 48.9. The molecule has 2 amide bonds. The van der Waals surface area contributed by atoms with Crippen molar-refractivity contribution in [3.63, 3.8) is 0 Å². The first-order chi connectivity index (χ1) is 12.9. The molecule has 0 fully saturated rings. The van der Waals surface area contributed by atoms with Crippen LogP contribution in [0.5, 0.6) is 0 Å². The molecular weight excluding hydrogens is 352 g/mol. The summed E-state index contributed by atoms with van der Waals surface area (Å²) in [5.74, 6) is -5.14. The Morgan fingerprint density at radius 3 is 1.93 bits per heavy atom. The number of anilines is 1. The highest BCUT2D eigenvalue weighted by atomic mass is 16.5. The molecule has 0 saturated carbocycles. The number of carbonyl (C=O) groups excluding carboxylic acids is 4. The molecule has 0 aliphatic heterocycles. The second-order valence-electron chi connectivity index (χ2n) is 5.24. The van der Waals surface area contributed by atoms with E-state index in [2.05, 4.69) is 9.47 Å². The number of nitrogens with zero attached hydrogens (tertiary/aromatic N) is 2. The van der Waals surface area contributed by atoms with Gasteiger partial charge in [-0.15, -0.1) is 0 Å². The number of benzene rings is 2. The van der Waals surface area contributed by atoms with Gasteiger partial charge in [0, 0.05) is 0 Å². The molecule has 2 rings (SSSR count). The molecule has 27 heavy (non-hydrogen) atoms. The highest BCUT2D eigenvalue weighted by Crippen LogP contribution is 2.24. The number of imide groups is 1. The molecule has 0 aromatic heterocycles. The fraction of sp³-hybridized carbons (Fsp3) is 0.211. The van der Waals surface area contributed by atoms with Crippen molar-refractivity contribution in [2.45, 2.75) is 13.8 Å². The zero-order valence-electron chi connectivity index (χ0n) is 14.7. The van der Waals surface area contributed by atoms with Gasteiger partial charge in [-0.05, 0) is 48.9 Å². The van der Waals surface area contributed by atoms with Crippen molar-refractivity contribution < 1.29 is 28.7 Å². The lowest BCUT2D eigenvalue weighted by atomic mass is 10.1. The van der Waals surface area contributed by atoms with Gasteiger partial charge in [-0.2, -0.15) is 5.26 Å². The van der Waals surface area contributed by atoms with Crippen molar-refractivity contribution in [1.82, 2.24) is 0 Å². The van der Waals surface area contributed by atoms with E-state index in [1.807, 2.05) is 6.07 Å². The van der Waals surface area contributed by atoms with Crippen LogP contribution in [0.1, 0.15) is 19.4 Å². The number of rotatable bonds is 3. The number of nitriles is 1. The molecule has 2 aromatic carbocycles. The van der Waals surface area contributed by atoms with Gasteiger partial charge in [0.05, 0.1) is 30.5 Å². The number of hydrogen-bond donors (Lipinski definition) is 0. The summed E-state index contributed by atoms with van der Waals surface area (Å²) in [5.41, 5.74) is 0.445. The molecule has 0 N–H and O–H groups in total. The van der Waals surface area contributed by atoms with Crippen LogP contribution in [0.4, 0.5) is 5.69 Å². The first kappa shape index (κ1) is 19.6. The summed E-state index contributed by atoms with van der Waals surface area (Å²) < 4.78 is 9.29. The van der Waals surface area contributed by atoms with Crippen LogP contribution in [0.15, 0.2) is 36.4 Å². The van der Waals surface area contributed by atoms with Crippen LogP contribution in [0, 0.1) is 11.3 Å². The van der Waals surface area contributed by atoms with Crippen LogP contribution in [0.25, 0.3) is 10.8 Å². The Bertz CT molecular complexity index is 930. The van der Waals surface area contributed by atoms with Gasteiger partial charge in [-0.1, -0.05) is 12.1 Å². The van der Waals surface area contributed by atoms with Crippen molar-refractivity contribution in [2.75, 3.05) is 18.1 Å². The maximum atomic E-state index is 12.4. The van der Waals surface area contributed by atoms with Crippen LogP contribution in [-0.4, -0.2) is 37.0 Å². The van der Waals surface area contributed by atoms with Crippen molar-refractivity contribution in [3.8, 4) is 6.07 Å². The van der Waals surface area contributed by atoms with Gasteiger partial charge in [0.1, 0.15) is 0 Å². The first-order valence-electron chi connectivity index (χ1n) is 8.09. The highest BCUT2D eigenvalue weighted by Gasteiger charge is 2.35. The molecule has 2 aromatic rings. The molecule has 0 bridgehead atoms. The lowest BCUT2D eigenvalue weighted by Gasteiger charge is -2.19. The number of carbonyl (C=O) groups is 4. The predicted molar refractivity (Wildman–Crippen MR) is 94.4 cm³/mol. The van der Waals surface area contributed by atoms with Gasteiger partial charge in [0.25, 0.3) is 0 Å². The molecule has 0 spiro atoms. The average molecular weight is 368 g/mol. The molecule has 0 saturated heterocycles. The third-order valence-corrected chi connectivity index (χ3v) is 3.52. The Hall–Kier alpha value is -3.73. The molecule has 0 heterocycles. The van der Waals surface area contributed by atoms with E-state index in [1.54, 1.807) is 24.3 Å². The van der Waals surface area contributed by atoms with Crippen LogP contribution in [-0.2, 0) is 28.7 Å². The third-order valence-electron chi connectivity index (χ3n) is 3.52. The number of ether oxygens (including phenoxy) is 2. The zero-order chi connectivity index (χ0) is 20.0. The van der Waals surface area contributed by atoms with E-state index in [4.69, 9.17) is 5.26 Å². The Morgan fingerprint density at radius 2 is 1.41 bits per heavy atom. The number of esters is 2. The predicted octanol–water partition coefficient (Wildman–Crippen LogP) is 1.70. The minimum absolute atomic E-state index is 0.00307. The number of hydrogen-bond acceptors (Lipinski definition) is 7. The van der Waals surface area contributed by atoms with Crippen molar-refractivity contribution in [1.29, 1.82) is 5.26 Å². The van der Waals surface area contributed by atoms with Gasteiger partial charge < -0.3 is 9.47 Å². The Morgan fingerprint density at radius 1 is 0.889 bits per heavy atom. The van der Waals surface area contributed by atoms with E-state index in [0.29, 0.717) is 21.2 Å². The van der Waals surface area contributed by atoms with Crippen molar-refractivity contribution in [2.24, 2.45) is 0 Å². The molecule has 0 unspecified atom stereocenters. The molecule has 0 radical (unpaired) electrons. The standard InChI is InChI=1S/C19H16N2O6/c1-3-26-18(24)16(22)21(17(23)19(25)27-4-2)15-8-7-13-9-12(11-20)5-6-14(13)10-15/h5-10H,3-4H2,1-2H3. The fourth-order valence-electron chi connectivity index (χ4n) is 2.34. The van der Waals surface area contributed by atoms with E-state index >= 15 is 0 Å². The van der Waals surface area contributed by atoms with Crippen molar-refractivity contribution >= 4 is 40.2 Å². The van der Waals surface area contributed by atoms with E-state index < -0.39 is 23.8 Å². The minimum atomic E-state index is -1.30. The SMILES string of the molecule is CCOC(=O)C(=O)N(C(=O)C(=O)OCC)c1ccc2cc(C#N)ccc2c1.